The zero-order valence-electron chi connectivity index (χ0n) is 21.2. The molecule has 0 aromatic heterocycles. The summed E-state index contributed by atoms with van der Waals surface area (Å²) in [5.74, 6) is 0.866. The summed E-state index contributed by atoms with van der Waals surface area (Å²) >= 11 is 0. The molecule has 178 valence electrons. The SMILES string of the molecule is C=C\C=C/C(C=C)=C/C=C/C(C(=C)CCC/C=C/c1ccccc1O/C=C/C)=C(\C=C/C)CC. The summed E-state index contributed by atoms with van der Waals surface area (Å²) < 4.78 is 5.67. The quantitative estimate of drug-likeness (QED) is 0.146. The van der Waals surface area contributed by atoms with Crippen LogP contribution in [0.2, 0.25) is 0 Å². The van der Waals surface area contributed by atoms with Gasteiger partial charge < -0.3 is 4.74 Å². The molecule has 0 N–H and O–H groups in total. The molecule has 0 fully saturated rings. The number of hydrogen-bond donors (Lipinski definition) is 0. The van der Waals surface area contributed by atoms with Crippen molar-refractivity contribution in [3.05, 3.63) is 145 Å². The molecule has 1 aromatic rings. The minimum absolute atomic E-state index is 0.866. The highest BCUT2D eigenvalue weighted by molar-refractivity contribution is 5.57. The predicted molar refractivity (Wildman–Crippen MR) is 153 cm³/mol. The van der Waals surface area contributed by atoms with Gasteiger partial charge in [-0.2, -0.15) is 0 Å². The van der Waals surface area contributed by atoms with Crippen molar-refractivity contribution in [3.63, 3.8) is 0 Å². The van der Waals surface area contributed by atoms with E-state index < -0.39 is 0 Å². The summed E-state index contributed by atoms with van der Waals surface area (Å²) in [6.45, 7) is 18.2. The van der Waals surface area contributed by atoms with Crippen LogP contribution < -0.4 is 4.74 Å². The van der Waals surface area contributed by atoms with E-state index in [1.165, 1.54) is 11.1 Å². The van der Waals surface area contributed by atoms with Crippen LogP contribution in [-0.4, -0.2) is 0 Å². The zero-order chi connectivity index (χ0) is 25.0. The first kappa shape index (κ1) is 28.5. The molecule has 0 heterocycles. The topological polar surface area (TPSA) is 9.23 Å². The Kier molecular flexibility index (Phi) is 15.0. The highest BCUT2D eigenvalue weighted by Crippen LogP contribution is 2.24. The number of hydrogen-bond acceptors (Lipinski definition) is 1. The average molecular weight is 453 g/mol. The van der Waals surface area contributed by atoms with E-state index >= 15 is 0 Å². The van der Waals surface area contributed by atoms with Gasteiger partial charge in [-0.1, -0.05) is 118 Å². The fourth-order valence-corrected chi connectivity index (χ4v) is 3.32. The van der Waals surface area contributed by atoms with Gasteiger partial charge in [0.1, 0.15) is 5.75 Å². The third kappa shape index (κ3) is 10.8. The predicted octanol–water partition coefficient (Wildman–Crippen LogP) is 10.0. The molecule has 0 spiro atoms. The van der Waals surface area contributed by atoms with E-state index in [0.717, 1.165) is 48.1 Å². The lowest BCUT2D eigenvalue weighted by molar-refractivity contribution is 0.479. The van der Waals surface area contributed by atoms with Gasteiger partial charge in [-0.05, 0) is 67.9 Å². The van der Waals surface area contributed by atoms with E-state index in [1.807, 2.05) is 49.4 Å². The monoisotopic (exact) mass is 452 g/mol. The van der Waals surface area contributed by atoms with E-state index in [2.05, 4.69) is 82.2 Å². The third-order valence-electron chi connectivity index (χ3n) is 5.08. The summed E-state index contributed by atoms with van der Waals surface area (Å²) in [5.41, 5.74) is 5.78. The molecular formula is C33H40O. The van der Waals surface area contributed by atoms with Gasteiger partial charge >= 0.3 is 0 Å². The number of rotatable bonds is 15. The maximum atomic E-state index is 5.67. The van der Waals surface area contributed by atoms with Gasteiger partial charge in [0.15, 0.2) is 0 Å². The fraction of sp³-hybridized carbons (Fsp3) is 0.212. The van der Waals surface area contributed by atoms with Gasteiger partial charge in [-0.25, -0.2) is 0 Å². The molecule has 0 bridgehead atoms. The molecule has 34 heavy (non-hydrogen) atoms. The number of benzene rings is 1. The average Bonchev–Trinajstić information content (AvgIpc) is 2.86. The van der Waals surface area contributed by atoms with Gasteiger partial charge in [-0.3, -0.25) is 0 Å². The lowest BCUT2D eigenvalue weighted by Crippen LogP contribution is -1.92. The highest BCUT2D eigenvalue weighted by Gasteiger charge is 2.05. The first-order valence-corrected chi connectivity index (χ1v) is 12.0. The number of allylic oxidation sites excluding steroid dienone is 15. The summed E-state index contributed by atoms with van der Waals surface area (Å²) in [5, 5.41) is 0. The molecule has 0 amide bonds. The number of para-hydroxylation sites is 1. The van der Waals surface area contributed by atoms with Gasteiger partial charge in [0.05, 0.1) is 6.26 Å². The Labute approximate surface area is 208 Å². The molecule has 0 aliphatic rings. The van der Waals surface area contributed by atoms with Crippen molar-refractivity contribution in [2.24, 2.45) is 0 Å². The van der Waals surface area contributed by atoms with Crippen molar-refractivity contribution in [1.29, 1.82) is 0 Å². The summed E-state index contributed by atoms with van der Waals surface area (Å²) in [4.78, 5) is 0. The summed E-state index contributed by atoms with van der Waals surface area (Å²) in [7, 11) is 0. The first-order valence-electron chi connectivity index (χ1n) is 12.0. The van der Waals surface area contributed by atoms with Crippen molar-refractivity contribution in [2.45, 2.75) is 46.5 Å². The molecule has 1 aromatic carbocycles. The van der Waals surface area contributed by atoms with Crippen LogP contribution >= 0.6 is 0 Å². The maximum absolute atomic E-state index is 5.67. The Morgan fingerprint density at radius 3 is 2.47 bits per heavy atom. The van der Waals surface area contributed by atoms with Crippen LogP contribution in [0.5, 0.6) is 5.75 Å². The minimum Gasteiger partial charge on any atom is -0.465 e. The molecular weight excluding hydrogens is 412 g/mol. The van der Waals surface area contributed by atoms with Gasteiger partial charge in [0.25, 0.3) is 0 Å². The Bertz CT molecular complexity index is 1000. The van der Waals surface area contributed by atoms with Crippen molar-refractivity contribution < 1.29 is 4.74 Å². The molecule has 0 saturated carbocycles. The van der Waals surface area contributed by atoms with Gasteiger partial charge in [0, 0.05) is 5.56 Å². The van der Waals surface area contributed by atoms with E-state index in [4.69, 9.17) is 4.74 Å². The zero-order valence-corrected chi connectivity index (χ0v) is 21.2. The normalized spacial score (nSPS) is 13.4. The molecule has 0 aliphatic carbocycles. The minimum atomic E-state index is 0.866. The van der Waals surface area contributed by atoms with Crippen molar-refractivity contribution in [3.8, 4) is 5.75 Å². The van der Waals surface area contributed by atoms with Gasteiger partial charge in [0.2, 0.25) is 0 Å². The van der Waals surface area contributed by atoms with Crippen LogP contribution in [0.25, 0.3) is 6.08 Å². The second kappa shape index (κ2) is 17.9. The van der Waals surface area contributed by atoms with Crippen LogP contribution in [0.3, 0.4) is 0 Å². The Hall–Kier alpha value is -3.58. The molecule has 0 aliphatic heterocycles. The molecule has 1 nitrogen and oxygen atoms in total. The third-order valence-corrected chi connectivity index (χ3v) is 5.08. The molecule has 1 heteroatoms. The van der Waals surface area contributed by atoms with Crippen LogP contribution in [-0.2, 0) is 0 Å². The smallest absolute Gasteiger partial charge is 0.133 e. The van der Waals surface area contributed by atoms with Crippen molar-refractivity contribution >= 4 is 6.08 Å². The molecule has 0 unspecified atom stereocenters. The van der Waals surface area contributed by atoms with Crippen LogP contribution in [0, 0.1) is 0 Å². The lowest BCUT2D eigenvalue weighted by Gasteiger charge is -2.11. The van der Waals surface area contributed by atoms with Crippen molar-refractivity contribution in [2.75, 3.05) is 0 Å². The fourth-order valence-electron chi connectivity index (χ4n) is 3.32. The lowest BCUT2D eigenvalue weighted by atomic mass is 9.94. The first-order chi connectivity index (χ1) is 16.6. The molecule has 0 radical (unpaired) electrons. The van der Waals surface area contributed by atoms with Gasteiger partial charge in [-0.15, -0.1) is 0 Å². The standard InChI is InChI=1S/C33H40O/c1-7-12-21-29(10-4)22-18-25-32(30(11-5)19-8-2)28(6)20-14-13-15-23-31-24-16-17-26-33(31)34-27-9-3/h7-10,12,15-19,21-27H,1,4,6,11,13-14,20H2,2-3,5H3/b19-8-,21-12-,23-15+,25-18+,27-9+,29-22+,32-30+. The maximum Gasteiger partial charge on any atom is 0.133 e. The molecule has 1 rings (SSSR count). The van der Waals surface area contributed by atoms with E-state index in [-0.39, 0.29) is 0 Å². The van der Waals surface area contributed by atoms with Crippen LogP contribution in [0.1, 0.15) is 52.0 Å². The Balaban J connectivity index is 2.89. The van der Waals surface area contributed by atoms with E-state index in [1.54, 1.807) is 12.3 Å². The second-order valence-electron chi connectivity index (χ2n) is 7.64. The van der Waals surface area contributed by atoms with E-state index in [9.17, 15) is 0 Å². The van der Waals surface area contributed by atoms with Crippen LogP contribution in [0.15, 0.2) is 139 Å². The number of unbranched alkanes of at least 4 members (excludes halogenated alkanes) is 1. The summed E-state index contributed by atoms with van der Waals surface area (Å²) in [6, 6.07) is 8.07. The highest BCUT2D eigenvalue weighted by atomic mass is 16.5. The molecule has 0 atom stereocenters. The Morgan fingerprint density at radius 1 is 1.00 bits per heavy atom. The van der Waals surface area contributed by atoms with Crippen LogP contribution in [0.4, 0.5) is 0 Å². The van der Waals surface area contributed by atoms with E-state index in [0.29, 0.717) is 0 Å². The summed E-state index contributed by atoms with van der Waals surface area (Å²) in [6.07, 6.45) is 29.9. The Morgan fingerprint density at radius 2 is 1.79 bits per heavy atom. The van der Waals surface area contributed by atoms with Crippen molar-refractivity contribution in [1.82, 2.24) is 0 Å². The molecule has 0 saturated heterocycles. The number of ether oxygens (including phenoxy) is 1. The largest absolute Gasteiger partial charge is 0.465 e. The second-order valence-corrected chi connectivity index (χ2v) is 7.64.